The van der Waals surface area contributed by atoms with Crippen molar-refractivity contribution in [3.05, 3.63) is 69.8 Å². The normalized spacial score (nSPS) is 12.6. The first-order valence-electron chi connectivity index (χ1n) is 5.93. The molecule has 2 aromatic carbocycles. The van der Waals surface area contributed by atoms with Crippen molar-refractivity contribution in [2.24, 2.45) is 0 Å². The van der Waals surface area contributed by atoms with Crippen LogP contribution in [0.4, 0.5) is 0 Å². The summed E-state index contributed by atoms with van der Waals surface area (Å²) in [5.41, 5.74) is 1.67. The molecule has 0 saturated heterocycles. The second kappa shape index (κ2) is 4.35. The van der Waals surface area contributed by atoms with Gasteiger partial charge in [0.1, 0.15) is 12.6 Å². The first-order chi connectivity index (χ1) is 9.65. The molecular formula is C16H8O4. The van der Waals surface area contributed by atoms with Gasteiger partial charge >= 0.3 is 0 Å². The van der Waals surface area contributed by atoms with Crippen LogP contribution in [0.3, 0.4) is 0 Å². The van der Waals surface area contributed by atoms with Crippen LogP contribution in [0, 0.1) is 0 Å². The van der Waals surface area contributed by atoms with E-state index in [0.29, 0.717) is 23.7 Å². The molecule has 0 unspecified atom stereocenters. The minimum atomic E-state index is -0.309. The van der Waals surface area contributed by atoms with E-state index in [1.54, 1.807) is 0 Å². The summed E-state index contributed by atoms with van der Waals surface area (Å²) < 4.78 is 0. The summed E-state index contributed by atoms with van der Waals surface area (Å²) >= 11 is 0. The number of fused-ring (bicyclic) bond motifs is 2. The lowest BCUT2D eigenvalue weighted by molar-refractivity contribution is 0.0978. The fourth-order valence-electron chi connectivity index (χ4n) is 2.33. The number of aldehydes is 2. The van der Waals surface area contributed by atoms with E-state index in [4.69, 9.17) is 0 Å². The van der Waals surface area contributed by atoms with Gasteiger partial charge in [-0.2, -0.15) is 0 Å². The van der Waals surface area contributed by atoms with Crippen LogP contribution in [0.5, 0.6) is 0 Å². The molecule has 0 heterocycles. The Kier molecular flexibility index (Phi) is 2.64. The van der Waals surface area contributed by atoms with Crippen LogP contribution in [0.1, 0.15) is 52.6 Å². The Morgan fingerprint density at radius 1 is 0.600 bits per heavy atom. The number of rotatable bonds is 2. The van der Waals surface area contributed by atoms with Crippen molar-refractivity contribution in [1.82, 2.24) is 0 Å². The Morgan fingerprint density at radius 3 is 1.35 bits per heavy atom. The standard InChI is InChI=1S/C16H8O4/c17-7-9-1-3-11-13(5-9)16(20)12-4-2-10(8-18)6-14(12)15(11)19/h1-8H. The maximum absolute atomic E-state index is 12.4. The first kappa shape index (κ1) is 12.2. The average molecular weight is 264 g/mol. The Labute approximate surface area is 114 Å². The molecule has 0 atom stereocenters. The quantitative estimate of drug-likeness (QED) is 0.664. The predicted molar refractivity (Wildman–Crippen MR) is 70.5 cm³/mol. The summed E-state index contributed by atoms with van der Waals surface area (Å²) in [4.78, 5) is 46.3. The Bertz CT molecular complexity index is 720. The van der Waals surface area contributed by atoms with Crippen LogP contribution in [-0.4, -0.2) is 24.1 Å². The zero-order valence-electron chi connectivity index (χ0n) is 10.3. The van der Waals surface area contributed by atoms with Crippen LogP contribution >= 0.6 is 0 Å². The van der Waals surface area contributed by atoms with Gasteiger partial charge in [0, 0.05) is 33.4 Å². The van der Waals surface area contributed by atoms with Gasteiger partial charge in [-0.25, -0.2) is 0 Å². The van der Waals surface area contributed by atoms with Gasteiger partial charge in [0.25, 0.3) is 0 Å². The highest BCUT2D eigenvalue weighted by molar-refractivity contribution is 6.28. The SMILES string of the molecule is O=Cc1ccc2c(c1)C(=O)c1ccc(C=O)cc1C2=O. The topological polar surface area (TPSA) is 68.3 Å². The average Bonchev–Trinajstić information content (AvgIpc) is 2.51. The minimum absolute atomic E-state index is 0.228. The third-order valence-corrected chi connectivity index (χ3v) is 3.34. The molecule has 3 rings (SSSR count). The van der Waals surface area contributed by atoms with E-state index in [1.807, 2.05) is 0 Å². The van der Waals surface area contributed by atoms with E-state index in [9.17, 15) is 19.2 Å². The number of ketones is 2. The third-order valence-electron chi connectivity index (χ3n) is 3.34. The van der Waals surface area contributed by atoms with Crippen LogP contribution in [0.2, 0.25) is 0 Å². The van der Waals surface area contributed by atoms with Crippen molar-refractivity contribution >= 4 is 24.1 Å². The Morgan fingerprint density at radius 2 is 1.00 bits per heavy atom. The molecule has 0 radical (unpaired) electrons. The van der Waals surface area contributed by atoms with Gasteiger partial charge in [0.15, 0.2) is 11.6 Å². The summed E-state index contributed by atoms with van der Waals surface area (Å²) in [6.45, 7) is 0. The zero-order valence-corrected chi connectivity index (χ0v) is 10.3. The summed E-state index contributed by atoms with van der Waals surface area (Å²) in [6, 6.07) is 8.75. The van der Waals surface area contributed by atoms with Crippen LogP contribution in [0.25, 0.3) is 0 Å². The maximum atomic E-state index is 12.4. The molecule has 0 N–H and O–H groups in total. The molecule has 0 saturated carbocycles. The number of carbonyl (C=O) groups excluding carboxylic acids is 4. The van der Waals surface area contributed by atoms with E-state index in [2.05, 4.69) is 0 Å². The lowest BCUT2D eigenvalue weighted by Gasteiger charge is -2.17. The number of hydrogen-bond donors (Lipinski definition) is 0. The van der Waals surface area contributed by atoms with E-state index in [0.717, 1.165) is 0 Å². The van der Waals surface area contributed by atoms with Crippen molar-refractivity contribution in [1.29, 1.82) is 0 Å². The summed E-state index contributed by atoms with van der Waals surface area (Å²) in [7, 11) is 0. The molecule has 4 heteroatoms. The van der Waals surface area contributed by atoms with E-state index in [-0.39, 0.29) is 33.8 Å². The summed E-state index contributed by atoms with van der Waals surface area (Å²) in [5.74, 6) is -0.619. The highest BCUT2D eigenvalue weighted by Gasteiger charge is 2.29. The highest BCUT2D eigenvalue weighted by Crippen LogP contribution is 2.28. The van der Waals surface area contributed by atoms with Gasteiger partial charge in [-0.15, -0.1) is 0 Å². The molecule has 0 spiro atoms. The van der Waals surface area contributed by atoms with Crippen LogP contribution in [0.15, 0.2) is 36.4 Å². The van der Waals surface area contributed by atoms with Gasteiger partial charge < -0.3 is 0 Å². The first-order valence-corrected chi connectivity index (χ1v) is 5.93. The van der Waals surface area contributed by atoms with Crippen molar-refractivity contribution in [3.8, 4) is 0 Å². The molecule has 96 valence electrons. The van der Waals surface area contributed by atoms with Gasteiger partial charge in [-0.3, -0.25) is 19.2 Å². The van der Waals surface area contributed by atoms with Gasteiger partial charge in [-0.05, 0) is 24.3 Å². The van der Waals surface area contributed by atoms with Crippen molar-refractivity contribution in [2.45, 2.75) is 0 Å². The minimum Gasteiger partial charge on any atom is -0.298 e. The van der Waals surface area contributed by atoms with Crippen molar-refractivity contribution in [3.63, 3.8) is 0 Å². The fourth-order valence-corrected chi connectivity index (χ4v) is 2.33. The molecule has 0 fully saturated rings. The smallest absolute Gasteiger partial charge is 0.194 e. The van der Waals surface area contributed by atoms with E-state index >= 15 is 0 Å². The molecule has 2 aromatic rings. The lowest BCUT2D eigenvalue weighted by Crippen LogP contribution is -2.21. The number of carbonyl (C=O) groups is 4. The summed E-state index contributed by atoms with van der Waals surface area (Å²) in [5, 5.41) is 0. The van der Waals surface area contributed by atoms with Crippen LogP contribution in [-0.2, 0) is 0 Å². The molecule has 0 aromatic heterocycles. The fraction of sp³-hybridized carbons (Fsp3) is 0. The summed E-state index contributed by atoms with van der Waals surface area (Å²) in [6.07, 6.45) is 1.26. The zero-order chi connectivity index (χ0) is 14.3. The highest BCUT2D eigenvalue weighted by atomic mass is 16.1. The second-order valence-electron chi connectivity index (χ2n) is 4.50. The molecule has 20 heavy (non-hydrogen) atoms. The molecule has 1 aliphatic rings. The van der Waals surface area contributed by atoms with Gasteiger partial charge in [0.2, 0.25) is 0 Å². The van der Waals surface area contributed by atoms with Gasteiger partial charge in [0.05, 0.1) is 0 Å². The lowest BCUT2D eigenvalue weighted by atomic mass is 9.83. The molecule has 1 aliphatic carbocycles. The predicted octanol–water partition coefficient (Wildman–Crippen LogP) is 2.09. The van der Waals surface area contributed by atoms with Crippen LogP contribution < -0.4 is 0 Å². The van der Waals surface area contributed by atoms with E-state index < -0.39 is 0 Å². The molecule has 0 amide bonds. The molecular weight excluding hydrogens is 256 g/mol. The Hall–Kier alpha value is -2.88. The third kappa shape index (κ3) is 1.62. The molecule has 0 aliphatic heterocycles. The second-order valence-corrected chi connectivity index (χ2v) is 4.50. The largest absolute Gasteiger partial charge is 0.298 e. The monoisotopic (exact) mass is 264 g/mol. The Balaban J connectivity index is 2.26. The van der Waals surface area contributed by atoms with Gasteiger partial charge in [-0.1, -0.05) is 12.1 Å². The maximum Gasteiger partial charge on any atom is 0.194 e. The van der Waals surface area contributed by atoms with Crippen molar-refractivity contribution < 1.29 is 19.2 Å². The molecule has 0 bridgehead atoms. The number of hydrogen-bond acceptors (Lipinski definition) is 4. The van der Waals surface area contributed by atoms with Crippen molar-refractivity contribution in [2.75, 3.05) is 0 Å². The van der Waals surface area contributed by atoms with E-state index in [1.165, 1.54) is 36.4 Å². The number of benzene rings is 2. The molecule has 4 nitrogen and oxygen atoms in total.